The first-order valence-electron chi connectivity index (χ1n) is 9.28. The summed E-state index contributed by atoms with van der Waals surface area (Å²) in [6.45, 7) is 2.65. The molecule has 0 aliphatic carbocycles. The normalized spacial score (nSPS) is 19.7. The van der Waals surface area contributed by atoms with Crippen molar-refractivity contribution in [2.45, 2.75) is 51.2 Å². The average Bonchev–Trinajstić information content (AvgIpc) is 2.95. The van der Waals surface area contributed by atoms with Crippen LogP contribution in [0, 0.1) is 0 Å². The Morgan fingerprint density at radius 1 is 1.19 bits per heavy atom. The van der Waals surface area contributed by atoms with Gasteiger partial charge in [-0.1, -0.05) is 24.6 Å². The van der Waals surface area contributed by atoms with Crippen LogP contribution in [0.1, 0.15) is 53.6 Å². The van der Waals surface area contributed by atoms with E-state index in [0.717, 1.165) is 43.5 Å². The first-order valence-corrected chi connectivity index (χ1v) is 9.28. The first-order chi connectivity index (χ1) is 12.6. The fourth-order valence-electron chi connectivity index (χ4n) is 3.63. The van der Waals surface area contributed by atoms with Crippen LogP contribution >= 0.6 is 0 Å². The largest absolute Gasteiger partial charge is 0.330 e. The Morgan fingerprint density at radius 3 is 2.81 bits per heavy atom. The fraction of sp³-hybridized carbons (Fsp3) is 0.526. The molecular formula is C19H26N4O3. The van der Waals surface area contributed by atoms with Crippen LogP contribution in [0.25, 0.3) is 0 Å². The van der Waals surface area contributed by atoms with Gasteiger partial charge in [0, 0.05) is 25.1 Å². The van der Waals surface area contributed by atoms with Gasteiger partial charge in [0.15, 0.2) is 0 Å². The molecule has 26 heavy (non-hydrogen) atoms. The first kappa shape index (κ1) is 18.5. The zero-order valence-electron chi connectivity index (χ0n) is 14.9. The van der Waals surface area contributed by atoms with E-state index >= 15 is 0 Å². The van der Waals surface area contributed by atoms with Crippen LogP contribution in [0.2, 0.25) is 0 Å². The number of piperidine rings is 1. The number of imide groups is 1. The van der Waals surface area contributed by atoms with E-state index in [-0.39, 0.29) is 24.1 Å². The molecule has 1 atom stereocenters. The Hall–Kier alpha value is -2.25. The molecule has 7 nitrogen and oxygen atoms in total. The highest BCUT2D eigenvalue weighted by atomic mass is 16.2. The summed E-state index contributed by atoms with van der Waals surface area (Å²) in [7, 11) is 0. The number of nitrogens with zero attached hydrogens (tertiary/aromatic N) is 1. The molecule has 4 N–H and O–H groups in total. The van der Waals surface area contributed by atoms with Gasteiger partial charge in [-0.3, -0.25) is 19.7 Å². The van der Waals surface area contributed by atoms with Crippen molar-refractivity contribution >= 4 is 17.7 Å². The number of nitrogens with one attached hydrogen (secondary N) is 2. The van der Waals surface area contributed by atoms with E-state index in [0.29, 0.717) is 25.1 Å². The lowest BCUT2D eigenvalue weighted by atomic mass is 10.0. The molecule has 1 unspecified atom stereocenters. The SMILES string of the molecule is NCCCCCNCc1cccc2c1C(=O)N(C1CCC(=O)NC1=O)C2. The van der Waals surface area contributed by atoms with Crippen LogP contribution in [0.4, 0.5) is 0 Å². The molecule has 1 aromatic carbocycles. The predicted molar refractivity (Wildman–Crippen MR) is 97.1 cm³/mol. The zero-order chi connectivity index (χ0) is 18.5. The number of carbonyl (C=O) groups excluding carboxylic acids is 3. The fourth-order valence-corrected chi connectivity index (χ4v) is 3.63. The molecule has 2 heterocycles. The van der Waals surface area contributed by atoms with Gasteiger partial charge in [0.2, 0.25) is 11.8 Å². The van der Waals surface area contributed by atoms with Gasteiger partial charge >= 0.3 is 0 Å². The Bertz CT molecular complexity index is 704. The monoisotopic (exact) mass is 358 g/mol. The average molecular weight is 358 g/mol. The van der Waals surface area contributed by atoms with Crippen molar-refractivity contribution in [2.24, 2.45) is 5.73 Å². The molecule has 0 radical (unpaired) electrons. The number of amides is 3. The van der Waals surface area contributed by atoms with E-state index in [1.54, 1.807) is 4.90 Å². The van der Waals surface area contributed by atoms with Gasteiger partial charge in [0.25, 0.3) is 5.91 Å². The number of unbranched alkanes of at least 4 members (excludes halogenated alkanes) is 2. The van der Waals surface area contributed by atoms with Crippen LogP contribution in [0.5, 0.6) is 0 Å². The van der Waals surface area contributed by atoms with Crippen molar-refractivity contribution < 1.29 is 14.4 Å². The topological polar surface area (TPSA) is 105 Å². The minimum atomic E-state index is -0.565. The standard InChI is InChI=1S/C19H26N4O3/c20-9-2-1-3-10-21-11-13-5-4-6-14-12-23(19(26)17(13)14)15-7-8-16(24)22-18(15)25/h4-6,15,21H,1-3,7-12,20H2,(H,22,24,25). The van der Waals surface area contributed by atoms with Crippen LogP contribution in [0.3, 0.4) is 0 Å². The molecular weight excluding hydrogens is 332 g/mol. The van der Waals surface area contributed by atoms with E-state index < -0.39 is 6.04 Å². The molecule has 1 fully saturated rings. The van der Waals surface area contributed by atoms with Crippen molar-refractivity contribution in [1.82, 2.24) is 15.5 Å². The van der Waals surface area contributed by atoms with Gasteiger partial charge in [-0.05, 0) is 43.5 Å². The van der Waals surface area contributed by atoms with E-state index in [9.17, 15) is 14.4 Å². The highest BCUT2D eigenvalue weighted by molar-refractivity contribution is 6.05. The summed E-state index contributed by atoms with van der Waals surface area (Å²) in [4.78, 5) is 38.0. The van der Waals surface area contributed by atoms with Crippen LogP contribution < -0.4 is 16.4 Å². The summed E-state index contributed by atoms with van der Waals surface area (Å²) in [6.07, 6.45) is 3.84. The Morgan fingerprint density at radius 2 is 2.04 bits per heavy atom. The smallest absolute Gasteiger partial charge is 0.255 e. The molecule has 7 heteroatoms. The Kier molecular flexibility index (Phi) is 6.00. The lowest BCUT2D eigenvalue weighted by Gasteiger charge is -2.29. The van der Waals surface area contributed by atoms with E-state index in [1.807, 2.05) is 18.2 Å². The number of nitrogens with two attached hydrogens (primary N) is 1. The van der Waals surface area contributed by atoms with Crippen molar-refractivity contribution in [1.29, 1.82) is 0 Å². The molecule has 140 valence electrons. The third-order valence-corrected chi connectivity index (χ3v) is 5.01. The molecule has 1 saturated heterocycles. The molecule has 3 amide bonds. The molecule has 2 aliphatic rings. The predicted octanol–water partition coefficient (Wildman–Crippen LogP) is 0.666. The highest BCUT2D eigenvalue weighted by Gasteiger charge is 2.39. The summed E-state index contributed by atoms with van der Waals surface area (Å²) in [5.41, 5.74) is 8.10. The van der Waals surface area contributed by atoms with Crippen molar-refractivity contribution in [3.8, 4) is 0 Å². The van der Waals surface area contributed by atoms with Gasteiger partial charge in [-0.2, -0.15) is 0 Å². The summed E-state index contributed by atoms with van der Waals surface area (Å²) in [5.74, 6) is -0.757. The number of benzene rings is 1. The molecule has 0 spiro atoms. The second-order valence-corrected chi connectivity index (χ2v) is 6.88. The van der Waals surface area contributed by atoms with Crippen LogP contribution in [-0.4, -0.2) is 41.8 Å². The zero-order valence-corrected chi connectivity index (χ0v) is 14.9. The van der Waals surface area contributed by atoms with Gasteiger partial charge < -0.3 is 16.0 Å². The lowest BCUT2D eigenvalue weighted by Crippen LogP contribution is -2.52. The second kappa shape index (κ2) is 8.42. The van der Waals surface area contributed by atoms with Gasteiger partial charge in [-0.25, -0.2) is 0 Å². The molecule has 3 rings (SSSR count). The maximum atomic E-state index is 12.9. The highest BCUT2D eigenvalue weighted by Crippen LogP contribution is 2.29. The maximum Gasteiger partial charge on any atom is 0.255 e. The third kappa shape index (κ3) is 3.94. The van der Waals surface area contributed by atoms with Crippen LogP contribution in [-0.2, 0) is 22.7 Å². The quantitative estimate of drug-likeness (QED) is 0.468. The lowest BCUT2D eigenvalue weighted by molar-refractivity contribution is -0.136. The summed E-state index contributed by atoms with van der Waals surface area (Å²) >= 11 is 0. The second-order valence-electron chi connectivity index (χ2n) is 6.88. The number of rotatable bonds is 8. The molecule has 0 saturated carbocycles. The minimum Gasteiger partial charge on any atom is -0.330 e. The Labute approximate surface area is 153 Å². The summed E-state index contributed by atoms with van der Waals surface area (Å²) in [6, 6.07) is 5.28. The van der Waals surface area contributed by atoms with E-state index in [4.69, 9.17) is 5.73 Å². The Balaban J connectivity index is 1.64. The van der Waals surface area contributed by atoms with Crippen molar-refractivity contribution in [2.75, 3.05) is 13.1 Å². The van der Waals surface area contributed by atoms with Crippen LogP contribution in [0.15, 0.2) is 18.2 Å². The number of fused-ring (bicyclic) bond motifs is 1. The van der Waals surface area contributed by atoms with Gasteiger partial charge in [0.1, 0.15) is 6.04 Å². The van der Waals surface area contributed by atoms with Gasteiger partial charge in [0.05, 0.1) is 0 Å². The van der Waals surface area contributed by atoms with Crippen molar-refractivity contribution in [3.05, 3.63) is 34.9 Å². The van der Waals surface area contributed by atoms with Crippen molar-refractivity contribution in [3.63, 3.8) is 0 Å². The number of carbonyl (C=O) groups is 3. The van der Waals surface area contributed by atoms with E-state index in [2.05, 4.69) is 10.6 Å². The number of hydrogen-bond acceptors (Lipinski definition) is 5. The molecule has 0 bridgehead atoms. The van der Waals surface area contributed by atoms with E-state index in [1.165, 1.54) is 0 Å². The minimum absolute atomic E-state index is 0.116. The summed E-state index contributed by atoms with van der Waals surface area (Å²) in [5, 5.41) is 5.72. The third-order valence-electron chi connectivity index (χ3n) is 5.01. The molecule has 0 aromatic heterocycles. The molecule has 1 aromatic rings. The molecule has 2 aliphatic heterocycles. The number of hydrogen-bond donors (Lipinski definition) is 3. The summed E-state index contributed by atoms with van der Waals surface area (Å²) < 4.78 is 0. The maximum absolute atomic E-state index is 12.9. The van der Waals surface area contributed by atoms with Gasteiger partial charge in [-0.15, -0.1) is 0 Å².